The molecule has 3 heterocycles. The average Bonchev–Trinajstić information content (AvgIpc) is 2.81. The molecule has 0 aliphatic carbocycles. The number of aromatic nitrogens is 2. The minimum atomic E-state index is -4.05. The molecular formula is C24H25ClN4O4S. The van der Waals surface area contributed by atoms with Crippen LogP contribution in [0, 0.1) is 12.3 Å². The van der Waals surface area contributed by atoms with Gasteiger partial charge in [0.1, 0.15) is 11.6 Å². The van der Waals surface area contributed by atoms with Crippen LogP contribution in [0.15, 0.2) is 59.6 Å². The van der Waals surface area contributed by atoms with Crippen LogP contribution in [0.4, 0.5) is 11.6 Å². The Morgan fingerprint density at radius 1 is 1.12 bits per heavy atom. The summed E-state index contributed by atoms with van der Waals surface area (Å²) in [5.74, 6) is -0.341. The van der Waals surface area contributed by atoms with Crippen molar-refractivity contribution in [3.63, 3.8) is 0 Å². The summed E-state index contributed by atoms with van der Waals surface area (Å²) in [6, 6.07) is 15.3. The Bertz CT molecular complexity index is 1350. The van der Waals surface area contributed by atoms with E-state index in [1.165, 1.54) is 12.1 Å². The van der Waals surface area contributed by atoms with Crippen LogP contribution < -0.4 is 9.62 Å². The van der Waals surface area contributed by atoms with Gasteiger partial charge in [0.2, 0.25) is 0 Å². The number of hydrogen-bond acceptors (Lipinski definition) is 6. The van der Waals surface area contributed by atoms with E-state index in [1.807, 2.05) is 36.1 Å². The number of aryl methyl sites for hydroxylation is 1. The minimum absolute atomic E-state index is 0.117. The lowest BCUT2D eigenvalue weighted by atomic mass is 9.82. The molecule has 10 heteroatoms. The first-order valence-electron chi connectivity index (χ1n) is 10.8. The lowest BCUT2D eigenvalue weighted by Gasteiger charge is -2.38. The van der Waals surface area contributed by atoms with Crippen molar-refractivity contribution < 1.29 is 18.3 Å². The topological polar surface area (TPSA) is 112 Å². The molecule has 1 atom stereocenters. The van der Waals surface area contributed by atoms with Crippen LogP contribution in [-0.2, 0) is 14.8 Å². The van der Waals surface area contributed by atoms with Crippen LogP contribution >= 0.6 is 11.6 Å². The Labute approximate surface area is 203 Å². The van der Waals surface area contributed by atoms with E-state index in [4.69, 9.17) is 11.6 Å². The molecule has 0 amide bonds. The van der Waals surface area contributed by atoms with Crippen LogP contribution in [0.25, 0.3) is 11.3 Å². The first-order chi connectivity index (χ1) is 16.1. The number of sulfonamides is 1. The summed E-state index contributed by atoms with van der Waals surface area (Å²) in [4.78, 5) is 22.3. The number of carboxylic acids is 1. The van der Waals surface area contributed by atoms with Gasteiger partial charge in [0.05, 0.1) is 16.1 Å². The van der Waals surface area contributed by atoms with Crippen molar-refractivity contribution in [2.75, 3.05) is 22.7 Å². The van der Waals surface area contributed by atoms with E-state index >= 15 is 0 Å². The number of rotatable bonds is 6. The maximum atomic E-state index is 13.1. The van der Waals surface area contributed by atoms with Crippen molar-refractivity contribution in [3.05, 3.63) is 65.2 Å². The molecule has 1 fully saturated rings. The molecule has 1 aliphatic heterocycles. The van der Waals surface area contributed by atoms with E-state index in [0.29, 0.717) is 35.9 Å². The zero-order valence-electron chi connectivity index (χ0n) is 18.8. The number of nitrogens with zero attached hydrogens (tertiary/aromatic N) is 3. The van der Waals surface area contributed by atoms with E-state index in [1.54, 1.807) is 25.1 Å². The van der Waals surface area contributed by atoms with E-state index in [9.17, 15) is 18.3 Å². The number of anilines is 2. The summed E-state index contributed by atoms with van der Waals surface area (Å²) in [5.41, 5.74) is 1.33. The van der Waals surface area contributed by atoms with Crippen LogP contribution in [0.5, 0.6) is 0 Å². The Balaban J connectivity index is 1.61. The monoisotopic (exact) mass is 500 g/mol. The quantitative estimate of drug-likeness (QED) is 0.508. The van der Waals surface area contributed by atoms with Crippen molar-refractivity contribution in [1.29, 1.82) is 0 Å². The molecule has 178 valence electrons. The van der Waals surface area contributed by atoms with Crippen molar-refractivity contribution >= 4 is 39.2 Å². The zero-order valence-corrected chi connectivity index (χ0v) is 20.4. The van der Waals surface area contributed by atoms with Crippen molar-refractivity contribution in [3.8, 4) is 11.3 Å². The summed E-state index contributed by atoms with van der Waals surface area (Å²) in [5, 5.41) is 9.81. The molecule has 34 heavy (non-hydrogen) atoms. The number of benzene rings is 1. The van der Waals surface area contributed by atoms with Gasteiger partial charge in [0.15, 0.2) is 5.03 Å². The molecule has 0 spiro atoms. The lowest BCUT2D eigenvalue weighted by Crippen LogP contribution is -2.46. The summed E-state index contributed by atoms with van der Waals surface area (Å²) < 4.78 is 28.7. The second-order valence-electron chi connectivity index (χ2n) is 8.67. The maximum Gasteiger partial charge on any atom is 0.311 e. The van der Waals surface area contributed by atoms with Crippen LogP contribution in [-0.4, -0.2) is 42.6 Å². The fourth-order valence-electron chi connectivity index (χ4n) is 4.06. The molecule has 8 nitrogen and oxygen atoms in total. The van der Waals surface area contributed by atoms with E-state index < -0.39 is 21.4 Å². The molecule has 0 radical (unpaired) electrons. The average molecular weight is 501 g/mol. The first kappa shape index (κ1) is 24.0. The van der Waals surface area contributed by atoms with Crippen molar-refractivity contribution in [1.82, 2.24) is 9.97 Å². The molecular weight excluding hydrogens is 476 g/mol. The number of halogens is 1. The Morgan fingerprint density at radius 2 is 1.88 bits per heavy atom. The van der Waals surface area contributed by atoms with Gasteiger partial charge in [-0.05, 0) is 56.5 Å². The Hall–Kier alpha value is -3.17. The fraction of sp³-hybridized carbons (Fsp3) is 0.292. The lowest BCUT2D eigenvalue weighted by molar-refractivity contribution is -0.148. The van der Waals surface area contributed by atoms with Gasteiger partial charge >= 0.3 is 5.97 Å². The molecule has 0 saturated carbocycles. The number of piperidine rings is 1. The zero-order chi connectivity index (χ0) is 24.5. The highest BCUT2D eigenvalue weighted by Gasteiger charge is 2.38. The summed E-state index contributed by atoms with van der Waals surface area (Å²) in [7, 11) is -4.05. The third kappa shape index (κ3) is 4.85. The van der Waals surface area contributed by atoms with Gasteiger partial charge in [-0.2, -0.15) is 8.42 Å². The van der Waals surface area contributed by atoms with E-state index in [2.05, 4.69) is 14.7 Å². The summed E-state index contributed by atoms with van der Waals surface area (Å²) >= 11 is 6.34. The van der Waals surface area contributed by atoms with E-state index in [-0.39, 0.29) is 17.4 Å². The van der Waals surface area contributed by atoms with Crippen molar-refractivity contribution in [2.45, 2.75) is 31.7 Å². The Morgan fingerprint density at radius 3 is 2.62 bits per heavy atom. The third-order valence-electron chi connectivity index (χ3n) is 6.01. The SMILES string of the molecule is Cc1ccccc1-c1nc(NS(=O)(=O)c2cccc(N3CCC[C@@](C)(C(=O)O)C3)n2)ccc1Cl. The smallest absolute Gasteiger partial charge is 0.311 e. The second-order valence-corrected chi connectivity index (χ2v) is 10.7. The predicted molar refractivity (Wildman–Crippen MR) is 132 cm³/mol. The van der Waals surface area contributed by atoms with Crippen molar-refractivity contribution in [2.24, 2.45) is 5.41 Å². The Kier molecular flexibility index (Phi) is 6.51. The highest BCUT2D eigenvalue weighted by Crippen LogP contribution is 2.33. The van der Waals surface area contributed by atoms with E-state index in [0.717, 1.165) is 11.1 Å². The van der Waals surface area contributed by atoms with Gasteiger partial charge in [-0.15, -0.1) is 0 Å². The molecule has 3 aromatic rings. The highest BCUT2D eigenvalue weighted by atomic mass is 35.5. The molecule has 1 aromatic carbocycles. The summed E-state index contributed by atoms with van der Waals surface area (Å²) in [6.45, 7) is 4.48. The predicted octanol–water partition coefficient (Wildman–Crippen LogP) is 4.60. The number of aliphatic carboxylic acids is 1. The number of hydrogen-bond donors (Lipinski definition) is 2. The molecule has 1 aliphatic rings. The standard InChI is InChI=1S/C24H25ClN4O4S/c1-16-7-3-4-8-17(16)22-18(25)11-12-19(26-22)28-34(32,33)21-10-5-9-20(27-21)29-14-6-13-24(2,15-29)23(30)31/h3-5,7-12H,6,13-15H2,1-2H3,(H,26,28)(H,30,31)/t24-/m1/s1. The number of nitrogens with one attached hydrogen (secondary N) is 1. The van der Waals surface area contributed by atoms with Gasteiger partial charge < -0.3 is 10.0 Å². The largest absolute Gasteiger partial charge is 0.481 e. The number of pyridine rings is 2. The molecule has 0 bridgehead atoms. The van der Waals surface area contributed by atoms with Crippen LogP contribution in [0.1, 0.15) is 25.3 Å². The fourth-order valence-corrected chi connectivity index (χ4v) is 5.23. The normalized spacial score (nSPS) is 18.5. The summed E-state index contributed by atoms with van der Waals surface area (Å²) in [6.07, 6.45) is 1.24. The number of carboxylic acid groups (broad SMARTS) is 1. The highest BCUT2D eigenvalue weighted by molar-refractivity contribution is 7.92. The molecule has 1 saturated heterocycles. The van der Waals surface area contributed by atoms with Gasteiger partial charge in [-0.3, -0.25) is 9.52 Å². The minimum Gasteiger partial charge on any atom is -0.481 e. The number of carbonyl (C=O) groups is 1. The third-order valence-corrected chi connectivity index (χ3v) is 7.57. The molecule has 2 N–H and O–H groups in total. The first-order valence-corrected chi connectivity index (χ1v) is 12.7. The van der Waals surface area contributed by atoms with Gasteiger partial charge in [-0.25, -0.2) is 9.97 Å². The van der Waals surface area contributed by atoms with Gasteiger partial charge in [0, 0.05) is 18.7 Å². The van der Waals surface area contributed by atoms with Gasteiger partial charge in [-0.1, -0.05) is 41.9 Å². The van der Waals surface area contributed by atoms with Crippen LogP contribution in [0.2, 0.25) is 5.02 Å². The van der Waals surface area contributed by atoms with Gasteiger partial charge in [0.25, 0.3) is 10.0 Å². The molecule has 4 rings (SSSR count). The maximum absolute atomic E-state index is 13.1. The second kappa shape index (κ2) is 9.23. The van der Waals surface area contributed by atoms with Crippen LogP contribution in [0.3, 0.4) is 0 Å². The molecule has 2 aromatic heterocycles. The molecule has 0 unspecified atom stereocenters.